The fourth-order valence-corrected chi connectivity index (χ4v) is 3.42. The molecule has 6 heteroatoms. The van der Waals surface area contributed by atoms with Crippen LogP contribution < -0.4 is 0 Å². The summed E-state index contributed by atoms with van der Waals surface area (Å²) in [6.45, 7) is 2.45. The number of halogens is 3. The maximum absolute atomic E-state index is 13.5. The molecule has 0 radical (unpaired) electrons. The van der Waals surface area contributed by atoms with Crippen LogP contribution in [0.25, 0.3) is 11.0 Å². The molecular formula is C14H11Cl2FN2S. The van der Waals surface area contributed by atoms with Crippen LogP contribution in [0, 0.1) is 5.82 Å². The first-order valence-electron chi connectivity index (χ1n) is 6.08. The topological polar surface area (TPSA) is 17.8 Å². The van der Waals surface area contributed by atoms with Crippen molar-refractivity contribution in [3.05, 3.63) is 51.2 Å². The van der Waals surface area contributed by atoms with Gasteiger partial charge in [0.15, 0.2) is 0 Å². The Labute approximate surface area is 129 Å². The molecule has 2 nitrogen and oxygen atoms in total. The summed E-state index contributed by atoms with van der Waals surface area (Å²) in [5.74, 6) is 0.452. The Morgan fingerprint density at radius 3 is 2.80 bits per heavy atom. The van der Waals surface area contributed by atoms with Crippen LogP contribution in [0.2, 0.25) is 4.34 Å². The van der Waals surface area contributed by atoms with E-state index in [9.17, 15) is 4.39 Å². The van der Waals surface area contributed by atoms with Gasteiger partial charge in [-0.1, -0.05) is 11.6 Å². The van der Waals surface area contributed by atoms with E-state index in [2.05, 4.69) is 4.98 Å². The second-order valence-electron chi connectivity index (χ2n) is 4.51. The molecule has 1 aromatic carbocycles. The van der Waals surface area contributed by atoms with E-state index in [4.69, 9.17) is 23.2 Å². The van der Waals surface area contributed by atoms with Gasteiger partial charge in [0.05, 0.1) is 27.3 Å². The van der Waals surface area contributed by atoms with Crippen molar-refractivity contribution in [3.8, 4) is 0 Å². The number of hydrogen-bond acceptors (Lipinski definition) is 2. The van der Waals surface area contributed by atoms with Gasteiger partial charge in [0.2, 0.25) is 0 Å². The quantitative estimate of drug-likeness (QED) is 0.601. The minimum atomic E-state index is -0.281. The van der Waals surface area contributed by atoms with Gasteiger partial charge in [0.25, 0.3) is 0 Å². The van der Waals surface area contributed by atoms with E-state index in [1.54, 1.807) is 6.07 Å². The van der Waals surface area contributed by atoms with Gasteiger partial charge in [0, 0.05) is 4.88 Å². The highest BCUT2D eigenvalue weighted by molar-refractivity contribution is 7.16. The third-order valence-electron chi connectivity index (χ3n) is 3.04. The van der Waals surface area contributed by atoms with E-state index in [1.807, 2.05) is 23.6 Å². The predicted molar refractivity (Wildman–Crippen MR) is 82.4 cm³/mol. The van der Waals surface area contributed by atoms with E-state index < -0.39 is 0 Å². The number of benzene rings is 1. The average Bonchev–Trinajstić information content (AvgIpc) is 2.95. The number of rotatable bonds is 3. The zero-order valence-electron chi connectivity index (χ0n) is 10.6. The van der Waals surface area contributed by atoms with E-state index in [0.29, 0.717) is 6.54 Å². The van der Waals surface area contributed by atoms with Crippen LogP contribution in [0.3, 0.4) is 0 Å². The maximum atomic E-state index is 13.5. The van der Waals surface area contributed by atoms with Gasteiger partial charge in [-0.3, -0.25) is 0 Å². The highest BCUT2D eigenvalue weighted by atomic mass is 35.5. The Hall–Kier alpha value is -1.10. The number of aromatic nitrogens is 2. The van der Waals surface area contributed by atoms with Crippen molar-refractivity contribution in [3.63, 3.8) is 0 Å². The highest BCUT2D eigenvalue weighted by Gasteiger charge is 2.16. The maximum Gasteiger partial charge on any atom is 0.128 e. The molecule has 0 amide bonds. The van der Waals surface area contributed by atoms with Gasteiger partial charge >= 0.3 is 0 Å². The summed E-state index contributed by atoms with van der Waals surface area (Å²) in [7, 11) is 0. The SMILES string of the molecule is CC(Cl)c1nc2ccc(F)cc2n1Cc1ccc(Cl)s1. The smallest absolute Gasteiger partial charge is 0.128 e. The third-order valence-corrected chi connectivity index (χ3v) is 4.45. The lowest BCUT2D eigenvalue weighted by molar-refractivity contribution is 0.628. The monoisotopic (exact) mass is 328 g/mol. The predicted octanol–water partition coefficient (Wildman–Crippen LogP) is 5.24. The fourth-order valence-electron chi connectivity index (χ4n) is 2.18. The van der Waals surface area contributed by atoms with Gasteiger partial charge in [-0.05, 0) is 37.3 Å². The van der Waals surface area contributed by atoms with Crippen LogP contribution in [0.1, 0.15) is 23.0 Å². The molecule has 2 heterocycles. The van der Waals surface area contributed by atoms with Crippen LogP contribution in [0.4, 0.5) is 4.39 Å². The number of alkyl halides is 1. The lowest BCUT2D eigenvalue weighted by atomic mass is 10.3. The first-order chi connectivity index (χ1) is 9.54. The van der Waals surface area contributed by atoms with Crippen LogP contribution in [0.5, 0.6) is 0 Å². The zero-order valence-corrected chi connectivity index (χ0v) is 12.9. The van der Waals surface area contributed by atoms with Crippen LogP contribution in [0.15, 0.2) is 30.3 Å². The van der Waals surface area contributed by atoms with E-state index in [0.717, 1.165) is 26.1 Å². The lowest BCUT2D eigenvalue weighted by Crippen LogP contribution is -2.04. The van der Waals surface area contributed by atoms with Crippen molar-refractivity contribution in [2.75, 3.05) is 0 Å². The Morgan fingerprint density at radius 1 is 1.35 bits per heavy atom. The number of thiophene rings is 1. The molecule has 0 spiro atoms. The summed E-state index contributed by atoms with van der Waals surface area (Å²) in [5, 5.41) is -0.249. The van der Waals surface area contributed by atoms with Crippen molar-refractivity contribution in [2.45, 2.75) is 18.8 Å². The number of imidazole rings is 1. The summed E-state index contributed by atoms with van der Waals surface area (Å²) in [5.41, 5.74) is 1.49. The van der Waals surface area contributed by atoms with E-state index in [-0.39, 0.29) is 11.2 Å². The van der Waals surface area contributed by atoms with Gasteiger partial charge in [-0.2, -0.15) is 0 Å². The van der Waals surface area contributed by atoms with Crippen molar-refractivity contribution < 1.29 is 4.39 Å². The molecule has 20 heavy (non-hydrogen) atoms. The lowest BCUT2D eigenvalue weighted by Gasteiger charge is -2.09. The molecule has 0 aliphatic rings. The third kappa shape index (κ3) is 2.55. The standard InChI is InChI=1S/C14H11Cl2FN2S/c1-8(15)14-18-11-4-2-9(17)6-12(11)19(14)7-10-3-5-13(16)20-10/h2-6,8H,7H2,1H3. The van der Waals surface area contributed by atoms with Gasteiger partial charge in [-0.25, -0.2) is 9.37 Å². The van der Waals surface area contributed by atoms with Crippen molar-refractivity contribution in [2.24, 2.45) is 0 Å². The molecule has 2 aromatic heterocycles. The normalized spacial score (nSPS) is 13.0. The molecule has 0 saturated carbocycles. The minimum absolute atomic E-state index is 0.249. The Morgan fingerprint density at radius 2 is 2.15 bits per heavy atom. The molecular weight excluding hydrogens is 318 g/mol. The summed E-state index contributed by atoms with van der Waals surface area (Å²) in [6.07, 6.45) is 0. The first kappa shape index (κ1) is 13.9. The minimum Gasteiger partial charge on any atom is -0.321 e. The van der Waals surface area contributed by atoms with Crippen LogP contribution in [-0.4, -0.2) is 9.55 Å². The van der Waals surface area contributed by atoms with Gasteiger partial charge < -0.3 is 4.57 Å². The van der Waals surface area contributed by atoms with E-state index >= 15 is 0 Å². The Kier molecular flexibility index (Phi) is 3.71. The molecule has 0 aliphatic carbocycles. The highest BCUT2D eigenvalue weighted by Crippen LogP contribution is 2.28. The van der Waals surface area contributed by atoms with Crippen LogP contribution >= 0.6 is 34.5 Å². The van der Waals surface area contributed by atoms with Crippen molar-refractivity contribution in [1.29, 1.82) is 0 Å². The number of hydrogen-bond donors (Lipinski definition) is 0. The summed E-state index contributed by atoms with van der Waals surface area (Å²) >= 11 is 13.6. The second-order valence-corrected chi connectivity index (χ2v) is 6.97. The molecule has 1 unspecified atom stereocenters. The number of fused-ring (bicyclic) bond motifs is 1. The molecule has 3 aromatic rings. The molecule has 3 rings (SSSR count). The van der Waals surface area contributed by atoms with Gasteiger partial charge in [0.1, 0.15) is 11.6 Å². The van der Waals surface area contributed by atoms with E-state index in [1.165, 1.54) is 23.5 Å². The fraction of sp³-hybridized carbons (Fsp3) is 0.214. The number of nitrogens with zero attached hydrogens (tertiary/aromatic N) is 2. The Bertz CT molecular complexity index is 764. The summed E-state index contributed by atoms with van der Waals surface area (Å²) in [6, 6.07) is 8.38. The van der Waals surface area contributed by atoms with Crippen molar-refractivity contribution >= 4 is 45.6 Å². The molecule has 0 saturated heterocycles. The van der Waals surface area contributed by atoms with Gasteiger partial charge in [-0.15, -0.1) is 22.9 Å². The van der Waals surface area contributed by atoms with Crippen molar-refractivity contribution in [1.82, 2.24) is 9.55 Å². The summed E-state index contributed by atoms with van der Waals surface area (Å²) < 4.78 is 16.2. The average molecular weight is 329 g/mol. The molecule has 0 N–H and O–H groups in total. The second kappa shape index (κ2) is 5.35. The molecule has 0 aliphatic heterocycles. The largest absolute Gasteiger partial charge is 0.321 e. The summed E-state index contributed by atoms with van der Waals surface area (Å²) in [4.78, 5) is 5.57. The molecule has 104 valence electrons. The molecule has 0 bridgehead atoms. The molecule has 0 fully saturated rings. The van der Waals surface area contributed by atoms with Crippen LogP contribution in [-0.2, 0) is 6.54 Å². The Balaban J connectivity index is 2.15. The first-order valence-corrected chi connectivity index (χ1v) is 7.71. The molecule has 1 atom stereocenters. The zero-order chi connectivity index (χ0) is 14.3.